The average Bonchev–Trinajstić information content (AvgIpc) is 3.53. The second kappa shape index (κ2) is 9.70. The maximum atomic E-state index is 13.3. The van der Waals surface area contributed by atoms with Crippen LogP contribution in [0, 0.1) is 5.82 Å². The van der Waals surface area contributed by atoms with Crippen LogP contribution in [0.25, 0.3) is 16.6 Å². The van der Waals surface area contributed by atoms with Crippen LogP contribution in [0.15, 0.2) is 67.6 Å². The van der Waals surface area contributed by atoms with Crippen molar-refractivity contribution in [1.82, 2.24) is 34.3 Å². The number of fused-ring (bicyclic) bond motifs is 1. The first-order chi connectivity index (χ1) is 17.5. The molecule has 4 aromatic heterocycles. The van der Waals surface area contributed by atoms with Gasteiger partial charge < -0.3 is 15.4 Å². The highest BCUT2D eigenvalue weighted by atomic mass is 19.1. The number of methoxy groups -OCH3 is 1. The van der Waals surface area contributed by atoms with E-state index < -0.39 is 5.60 Å². The van der Waals surface area contributed by atoms with Crippen LogP contribution < -0.4 is 10.6 Å². The molecule has 0 amide bonds. The Morgan fingerprint density at radius 1 is 0.917 bits per heavy atom. The minimum Gasteiger partial charge on any atom is -0.369 e. The van der Waals surface area contributed by atoms with Crippen molar-refractivity contribution in [3.05, 3.63) is 84.6 Å². The molecule has 2 N–H and O–H groups in total. The number of aryl methyl sites for hydroxylation is 1. The maximum Gasteiger partial charge on any atom is 0.222 e. The molecule has 184 valence electrons. The summed E-state index contributed by atoms with van der Waals surface area (Å²) in [7, 11) is 3.49. The smallest absolute Gasteiger partial charge is 0.222 e. The lowest BCUT2D eigenvalue weighted by Gasteiger charge is -2.28. The SMILES string of the molecule is CO[C@@](C)(c1ccc(F)cc1)c1cnc(NCCNc2ncnn3cc(-c4cnn(C)c4)cc23)nc1. The quantitative estimate of drug-likeness (QED) is 0.304. The molecule has 1 atom stereocenters. The first kappa shape index (κ1) is 23.4. The third-order valence-electron chi connectivity index (χ3n) is 6.15. The molecule has 10 nitrogen and oxygen atoms in total. The van der Waals surface area contributed by atoms with Crippen LogP contribution >= 0.6 is 0 Å². The van der Waals surface area contributed by atoms with Crippen molar-refractivity contribution < 1.29 is 9.13 Å². The Bertz CT molecular complexity index is 1460. The second-order valence-electron chi connectivity index (χ2n) is 8.46. The van der Waals surface area contributed by atoms with Crippen molar-refractivity contribution in [2.75, 3.05) is 30.8 Å². The Hall–Kier alpha value is -4.38. The Kier molecular flexibility index (Phi) is 6.30. The van der Waals surface area contributed by atoms with E-state index in [1.807, 2.05) is 38.6 Å². The van der Waals surface area contributed by atoms with Crippen LogP contribution in [0.2, 0.25) is 0 Å². The van der Waals surface area contributed by atoms with Crippen molar-refractivity contribution >= 4 is 17.3 Å². The number of aromatic nitrogens is 7. The van der Waals surface area contributed by atoms with Gasteiger partial charge in [-0.25, -0.2) is 23.9 Å². The van der Waals surface area contributed by atoms with Crippen molar-refractivity contribution in [2.24, 2.45) is 7.05 Å². The molecule has 0 saturated carbocycles. The normalized spacial score (nSPS) is 13.0. The molecule has 0 bridgehead atoms. The van der Waals surface area contributed by atoms with E-state index in [1.54, 1.807) is 40.8 Å². The molecule has 0 unspecified atom stereocenters. The summed E-state index contributed by atoms with van der Waals surface area (Å²) in [6.45, 7) is 3.07. The first-order valence-corrected chi connectivity index (χ1v) is 11.4. The molecular formula is C25H26FN9O. The fourth-order valence-corrected chi connectivity index (χ4v) is 3.99. The van der Waals surface area contributed by atoms with Gasteiger partial charge in [0.2, 0.25) is 5.95 Å². The second-order valence-corrected chi connectivity index (χ2v) is 8.46. The Labute approximate surface area is 207 Å². The summed E-state index contributed by atoms with van der Waals surface area (Å²) in [6.07, 6.45) is 10.7. The Morgan fingerprint density at radius 3 is 2.36 bits per heavy atom. The molecule has 0 saturated heterocycles. The highest BCUT2D eigenvalue weighted by Crippen LogP contribution is 2.32. The monoisotopic (exact) mass is 487 g/mol. The maximum absolute atomic E-state index is 13.3. The summed E-state index contributed by atoms with van der Waals surface area (Å²) in [6, 6.07) is 8.25. The van der Waals surface area contributed by atoms with Gasteiger partial charge in [-0.2, -0.15) is 10.2 Å². The van der Waals surface area contributed by atoms with E-state index in [-0.39, 0.29) is 5.82 Å². The minimum absolute atomic E-state index is 0.296. The van der Waals surface area contributed by atoms with Crippen LogP contribution in [0.3, 0.4) is 0 Å². The third-order valence-corrected chi connectivity index (χ3v) is 6.15. The van der Waals surface area contributed by atoms with E-state index in [4.69, 9.17) is 4.74 Å². The molecule has 0 radical (unpaired) electrons. The van der Waals surface area contributed by atoms with E-state index in [2.05, 4.69) is 35.8 Å². The van der Waals surface area contributed by atoms with Crippen LogP contribution in [0.1, 0.15) is 18.1 Å². The van der Waals surface area contributed by atoms with E-state index in [0.717, 1.165) is 33.6 Å². The molecule has 0 fully saturated rings. The number of ether oxygens (including phenoxy) is 1. The van der Waals surface area contributed by atoms with Gasteiger partial charge in [-0.05, 0) is 30.7 Å². The molecule has 4 heterocycles. The largest absolute Gasteiger partial charge is 0.369 e. The highest BCUT2D eigenvalue weighted by Gasteiger charge is 2.29. The molecule has 11 heteroatoms. The number of hydrogen-bond acceptors (Lipinski definition) is 8. The number of rotatable bonds is 9. The van der Waals surface area contributed by atoms with Crippen molar-refractivity contribution in [3.8, 4) is 11.1 Å². The zero-order chi connectivity index (χ0) is 25.1. The standard InChI is InChI=1S/C25H26FN9O/c1-25(36-3,19-4-6-21(26)7-5-19)20-12-29-24(30-13-20)28-9-8-27-23-22-10-17(15-35(22)33-16-31-23)18-11-32-34(2)14-18/h4-7,10-16H,8-9H2,1-3H3,(H,27,31,33)(H,28,29,30)/t25-/m0/s1. The number of nitrogens with zero attached hydrogens (tertiary/aromatic N) is 7. The lowest BCUT2D eigenvalue weighted by molar-refractivity contribution is 0.0385. The van der Waals surface area contributed by atoms with Gasteiger partial charge in [-0.3, -0.25) is 4.68 Å². The summed E-state index contributed by atoms with van der Waals surface area (Å²) >= 11 is 0. The van der Waals surface area contributed by atoms with Gasteiger partial charge in [-0.15, -0.1) is 0 Å². The fourth-order valence-electron chi connectivity index (χ4n) is 3.99. The lowest BCUT2D eigenvalue weighted by Crippen LogP contribution is -2.26. The summed E-state index contributed by atoms with van der Waals surface area (Å²) < 4.78 is 22.7. The number of halogens is 1. The molecule has 0 aliphatic rings. The number of benzene rings is 1. The lowest BCUT2D eigenvalue weighted by atomic mass is 9.90. The summed E-state index contributed by atoms with van der Waals surface area (Å²) in [5.41, 5.74) is 3.69. The Balaban J connectivity index is 1.21. The van der Waals surface area contributed by atoms with Crippen LogP contribution in [-0.4, -0.2) is 54.5 Å². The van der Waals surface area contributed by atoms with Gasteiger partial charge in [0, 0.05) is 68.7 Å². The fraction of sp³-hybridized carbons (Fsp3) is 0.240. The van der Waals surface area contributed by atoms with Gasteiger partial charge in [0.05, 0.1) is 6.20 Å². The van der Waals surface area contributed by atoms with Crippen molar-refractivity contribution in [1.29, 1.82) is 0 Å². The molecular weight excluding hydrogens is 461 g/mol. The van der Waals surface area contributed by atoms with Gasteiger partial charge in [0.25, 0.3) is 0 Å². The molecule has 5 aromatic rings. The molecule has 0 aliphatic heterocycles. The van der Waals surface area contributed by atoms with Crippen LogP contribution in [0.4, 0.5) is 16.2 Å². The van der Waals surface area contributed by atoms with Gasteiger partial charge in [0.1, 0.15) is 23.3 Å². The minimum atomic E-state index is -0.794. The molecule has 0 spiro atoms. The zero-order valence-electron chi connectivity index (χ0n) is 20.2. The summed E-state index contributed by atoms with van der Waals surface area (Å²) in [5.74, 6) is 0.927. The zero-order valence-corrected chi connectivity index (χ0v) is 20.2. The molecule has 36 heavy (non-hydrogen) atoms. The van der Waals surface area contributed by atoms with E-state index in [0.29, 0.717) is 19.0 Å². The predicted molar refractivity (Wildman–Crippen MR) is 134 cm³/mol. The van der Waals surface area contributed by atoms with Crippen molar-refractivity contribution in [3.63, 3.8) is 0 Å². The average molecular weight is 488 g/mol. The molecule has 5 rings (SSSR count). The van der Waals surface area contributed by atoms with Crippen molar-refractivity contribution in [2.45, 2.75) is 12.5 Å². The topological polar surface area (TPSA) is 107 Å². The summed E-state index contributed by atoms with van der Waals surface area (Å²) in [4.78, 5) is 13.2. The molecule has 0 aliphatic carbocycles. The van der Waals surface area contributed by atoms with Crippen LogP contribution in [-0.2, 0) is 17.4 Å². The van der Waals surface area contributed by atoms with Gasteiger partial charge in [0.15, 0.2) is 5.82 Å². The molecule has 1 aromatic carbocycles. The van der Waals surface area contributed by atoms with E-state index in [9.17, 15) is 4.39 Å². The van der Waals surface area contributed by atoms with Gasteiger partial charge in [-0.1, -0.05) is 12.1 Å². The predicted octanol–water partition coefficient (Wildman–Crippen LogP) is 3.49. The highest BCUT2D eigenvalue weighted by molar-refractivity contribution is 5.76. The number of anilines is 2. The number of nitrogens with one attached hydrogen (secondary N) is 2. The first-order valence-electron chi connectivity index (χ1n) is 11.4. The van der Waals surface area contributed by atoms with Gasteiger partial charge >= 0.3 is 0 Å². The third kappa shape index (κ3) is 4.60. The van der Waals surface area contributed by atoms with E-state index >= 15 is 0 Å². The summed E-state index contributed by atoms with van der Waals surface area (Å²) in [5, 5.41) is 15.1. The van der Waals surface area contributed by atoms with E-state index in [1.165, 1.54) is 18.5 Å². The number of hydrogen-bond donors (Lipinski definition) is 2. The van der Waals surface area contributed by atoms with Crippen LogP contribution in [0.5, 0.6) is 0 Å². The Morgan fingerprint density at radius 2 is 1.67 bits per heavy atom.